The van der Waals surface area contributed by atoms with Crippen LogP contribution >= 0.6 is 11.8 Å². The maximum Gasteiger partial charge on any atom is 0.237 e. The fourth-order valence-corrected chi connectivity index (χ4v) is 2.74. The first-order valence-corrected chi connectivity index (χ1v) is 5.98. The molecule has 1 aliphatic rings. The molecule has 1 heterocycles. The van der Waals surface area contributed by atoms with Gasteiger partial charge >= 0.3 is 0 Å². The number of amides is 1. The lowest BCUT2D eigenvalue weighted by atomic mass is 10.2. The number of carbonyl (C=O) groups is 1. The summed E-state index contributed by atoms with van der Waals surface area (Å²) in [6.07, 6.45) is 0.799. The van der Waals surface area contributed by atoms with Crippen LogP contribution < -0.4 is 15.8 Å². The first-order valence-electron chi connectivity index (χ1n) is 5.10. The molecule has 5 heteroatoms. The molecule has 0 aromatic heterocycles. The van der Waals surface area contributed by atoms with Crippen LogP contribution in [0.1, 0.15) is 13.3 Å². The normalized spacial score (nSPS) is 18.9. The Balaban J connectivity index is 2.43. The SMILES string of the molecule is CCC1Sc2cc(OC)cc(N)c2NC1=O. The van der Waals surface area contributed by atoms with Crippen molar-refractivity contribution in [2.45, 2.75) is 23.5 Å². The molecule has 0 fully saturated rings. The number of nitrogens with two attached hydrogens (primary N) is 1. The molecule has 1 unspecified atom stereocenters. The van der Waals surface area contributed by atoms with Gasteiger partial charge in [-0.25, -0.2) is 0 Å². The Morgan fingerprint density at radius 2 is 2.31 bits per heavy atom. The van der Waals surface area contributed by atoms with Crippen LogP contribution in [-0.4, -0.2) is 18.3 Å². The largest absolute Gasteiger partial charge is 0.497 e. The zero-order valence-corrected chi connectivity index (χ0v) is 10.1. The fourth-order valence-electron chi connectivity index (χ4n) is 1.63. The third-order valence-corrected chi connectivity index (χ3v) is 3.93. The van der Waals surface area contributed by atoms with E-state index in [-0.39, 0.29) is 11.2 Å². The summed E-state index contributed by atoms with van der Waals surface area (Å²) in [5, 5.41) is 2.80. The van der Waals surface area contributed by atoms with E-state index in [0.29, 0.717) is 11.4 Å². The van der Waals surface area contributed by atoms with E-state index in [9.17, 15) is 4.79 Å². The Bertz CT molecular complexity index is 434. The van der Waals surface area contributed by atoms with Crippen molar-refractivity contribution < 1.29 is 9.53 Å². The lowest BCUT2D eigenvalue weighted by Crippen LogP contribution is -2.28. The van der Waals surface area contributed by atoms with Crippen LogP contribution in [0.2, 0.25) is 0 Å². The number of nitrogen functional groups attached to an aromatic ring is 1. The lowest BCUT2D eigenvalue weighted by molar-refractivity contribution is -0.115. The molecule has 0 bridgehead atoms. The number of anilines is 2. The van der Waals surface area contributed by atoms with Gasteiger partial charge in [-0.15, -0.1) is 11.8 Å². The summed E-state index contributed by atoms with van der Waals surface area (Å²) < 4.78 is 5.15. The average molecular weight is 238 g/mol. The highest BCUT2D eigenvalue weighted by atomic mass is 32.2. The summed E-state index contributed by atoms with van der Waals surface area (Å²) >= 11 is 1.54. The smallest absolute Gasteiger partial charge is 0.237 e. The number of benzene rings is 1. The van der Waals surface area contributed by atoms with Crippen molar-refractivity contribution in [3.8, 4) is 5.75 Å². The second-order valence-electron chi connectivity index (χ2n) is 3.59. The molecule has 16 heavy (non-hydrogen) atoms. The quantitative estimate of drug-likeness (QED) is 0.774. The molecular weight excluding hydrogens is 224 g/mol. The summed E-state index contributed by atoms with van der Waals surface area (Å²) in [4.78, 5) is 12.7. The first kappa shape index (κ1) is 11.1. The van der Waals surface area contributed by atoms with Crippen LogP contribution in [0, 0.1) is 0 Å². The van der Waals surface area contributed by atoms with Crippen molar-refractivity contribution in [2.75, 3.05) is 18.2 Å². The predicted molar refractivity (Wildman–Crippen MR) is 66.0 cm³/mol. The third-order valence-electron chi connectivity index (χ3n) is 2.52. The number of methoxy groups -OCH3 is 1. The molecule has 1 amide bonds. The van der Waals surface area contributed by atoms with E-state index in [0.717, 1.165) is 17.1 Å². The van der Waals surface area contributed by atoms with Crippen LogP contribution in [0.3, 0.4) is 0 Å². The van der Waals surface area contributed by atoms with E-state index in [2.05, 4.69) is 5.32 Å². The van der Waals surface area contributed by atoms with Crippen molar-refractivity contribution in [3.05, 3.63) is 12.1 Å². The zero-order chi connectivity index (χ0) is 11.7. The fraction of sp³-hybridized carbons (Fsp3) is 0.364. The van der Waals surface area contributed by atoms with Crippen molar-refractivity contribution >= 4 is 29.0 Å². The minimum Gasteiger partial charge on any atom is -0.497 e. The van der Waals surface area contributed by atoms with Crippen molar-refractivity contribution in [2.24, 2.45) is 0 Å². The van der Waals surface area contributed by atoms with E-state index in [1.807, 2.05) is 13.0 Å². The van der Waals surface area contributed by atoms with Crippen LogP contribution in [0.5, 0.6) is 5.75 Å². The predicted octanol–water partition coefficient (Wildman–Crippen LogP) is 2.10. The van der Waals surface area contributed by atoms with Gasteiger partial charge in [-0.05, 0) is 12.5 Å². The molecule has 2 rings (SSSR count). The molecule has 3 N–H and O–H groups in total. The first-order chi connectivity index (χ1) is 7.65. The minimum atomic E-state index is -0.0426. The number of ether oxygens (including phenoxy) is 1. The highest BCUT2D eigenvalue weighted by Crippen LogP contribution is 2.42. The van der Waals surface area contributed by atoms with Gasteiger partial charge < -0.3 is 15.8 Å². The van der Waals surface area contributed by atoms with Crippen molar-refractivity contribution in [1.82, 2.24) is 0 Å². The van der Waals surface area contributed by atoms with Gasteiger partial charge in [0.15, 0.2) is 0 Å². The highest BCUT2D eigenvalue weighted by Gasteiger charge is 2.27. The van der Waals surface area contributed by atoms with Crippen LogP contribution in [-0.2, 0) is 4.79 Å². The summed E-state index contributed by atoms with van der Waals surface area (Å²) in [5.41, 5.74) is 7.11. The number of hydrogen-bond acceptors (Lipinski definition) is 4. The third kappa shape index (κ3) is 1.82. The van der Waals surface area contributed by atoms with E-state index >= 15 is 0 Å². The standard InChI is InChI=1S/C11H14N2O2S/c1-3-8-11(14)13-10-7(12)4-6(15-2)5-9(10)16-8/h4-5,8H,3,12H2,1-2H3,(H,13,14). The second kappa shape index (κ2) is 4.25. The Labute approximate surface area is 98.5 Å². The van der Waals surface area contributed by atoms with Gasteiger partial charge in [-0.1, -0.05) is 6.92 Å². The summed E-state index contributed by atoms with van der Waals surface area (Å²) in [5.74, 6) is 0.742. The number of carbonyl (C=O) groups excluding carboxylic acids is 1. The molecule has 4 nitrogen and oxygen atoms in total. The van der Waals surface area contributed by atoms with Gasteiger partial charge in [0.1, 0.15) is 5.75 Å². The van der Waals surface area contributed by atoms with Gasteiger partial charge in [0.25, 0.3) is 0 Å². The summed E-state index contributed by atoms with van der Waals surface area (Å²) in [6, 6.07) is 3.62. The van der Waals surface area contributed by atoms with Gasteiger partial charge in [0.05, 0.1) is 23.7 Å². The van der Waals surface area contributed by atoms with Crippen molar-refractivity contribution in [3.63, 3.8) is 0 Å². The Morgan fingerprint density at radius 3 is 2.94 bits per heavy atom. The number of fused-ring (bicyclic) bond motifs is 1. The van der Waals surface area contributed by atoms with Crippen molar-refractivity contribution in [1.29, 1.82) is 0 Å². The Hall–Kier alpha value is -1.36. The number of nitrogens with one attached hydrogen (secondary N) is 1. The number of thioether (sulfide) groups is 1. The van der Waals surface area contributed by atoms with E-state index in [1.165, 1.54) is 11.8 Å². The molecule has 1 atom stereocenters. The molecule has 1 aliphatic heterocycles. The van der Waals surface area contributed by atoms with E-state index in [1.54, 1.807) is 13.2 Å². The molecule has 0 saturated heterocycles. The molecule has 0 saturated carbocycles. The van der Waals surface area contributed by atoms with Crippen LogP contribution in [0.25, 0.3) is 0 Å². The molecule has 1 aromatic rings. The van der Waals surface area contributed by atoms with Gasteiger partial charge in [-0.2, -0.15) is 0 Å². The summed E-state index contributed by atoms with van der Waals surface area (Å²) in [7, 11) is 1.60. The molecule has 0 aliphatic carbocycles. The van der Waals surface area contributed by atoms with E-state index < -0.39 is 0 Å². The lowest BCUT2D eigenvalue weighted by Gasteiger charge is -2.24. The minimum absolute atomic E-state index is 0.0249. The summed E-state index contributed by atoms with van der Waals surface area (Å²) in [6.45, 7) is 1.99. The Kier molecular flexibility index (Phi) is 2.96. The number of hydrogen-bond donors (Lipinski definition) is 2. The average Bonchev–Trinajstić information content (AvgIpc) is 2.29. The molecule has 86 valence electrons. The van der Waals surface area contributed by atoms with Gasteiger partial charge in [0, 0.05) is 11.0 Å². The number of rotatable bonds is 2. The van der Waals surface area contributed by atoms with Crippen LogP contribution in [0.4, 0.5) is 11.4 Å². The maximum atomic E-state index is 11.7. The van der Waals surface area contributed by atoms with E-state index in [4.69, 9.17) is 10.5 Å². The molecular formula is C11H14N2O2S. The molecule has 1 aromatic carbocycles. The topological polar surface area (TPSA) is 64.3 Å². The highest BCUT2D eigenvalue weighted by molar-refractivity contribution is 8.01. The Morgan fingerprint density at radius 1 is 1.56 bits per heavy atom. The van der Waals surface area contributed by atoms with Crippen LogP contribution in [0.15, 0.2) is 17.0 Å². The van der Waals surface area contributed by atoms with Gasteiger partial charge in [0.2, 0.25) is 5.91 Å². The molecule has 0 radical (unpaired) electrons. The molecule has 0 spiro atoms. The zero-order valence-electron chi connectivity index (χ0n) is 9.24. The monoisotopic (exact) mass is 238 g/mol. The maximum absolute atomic E-state index is 11.7. The van der Waals surface area contributed by atoms with Gasteiger partial charge in [-0.3, -0.25) is 4.79 Å². The second-order valence-corrected chi connectivity index (χ2v) is 4.84.